The van der Waals surface area contributed by atoms with Gasteiger partial charge in [0.15, 0.2) is 6.54 Å². The number of amides is 1. The molecule has 3 aromatic rings. The van der Waals surface area contributed by atoms with E-state index in [-0.39, 0.29) is 11.9 Å². The van der Waals surface area contributed by atoms with E-state index in [2.05, 4.69) is 54.0 Å². The molecule has 0 heterocycles. The highest BCUT2D eigenvalue weighted by Crippen LogP contribution is 2.22. The molecule has 0 radical (unpaired) electrons. The molecular weight excluding hydrogens is 332 g/mol. The van der Waals surface area contributed by atoms with Gasteiger partial charge in [-0.3, -0.25) is 4.79 Å². The van der Waals surface area contributed by atoms with Crippen LogP contribution in [-0.4, -0.2) is 12.5 Å². The van der Waals surface area contributed by atoms with Gasteiger partial charge >= 0.3 is 0 Å². The molecule has 3 heteroatoms. The van der Waals surface area contributed by atoms with Crippen molar-refractivity contribution in [3.05, 3.63) is 101 Å². The van der Waals surface area contributed by atoms with E-state index in [0.29, 0.717) is 6.54 Å². The zero-order valence-electron chi connectivity index (χ0n) is 16.2. The largest absolute Gasteiger partial charge is 0.328 e. The average molecular weight is 359 g/mol. The second-order valence-corrected chi connectivity index (χ2v) is 7.06. The lowest BCUT2D eigenvalue weighted by Crippen LogP contribution is -2.87. The van der Waals surface area contributed by atoms with Crippen LogP contribution in [0.2, 0.25) is 0 Å². The molecule has 1 amide bonds. The van der Waals surface area contributed by atoms with Crippen molar-refractivity contribution < 1.29 is 10.1 Å². The maximum Gasteiger partial charge on any atom is 0.279 e. The molecule has 0 atom stereocenters. The van der Waals surface area contributed by atoms with Crippen LogP contribution >= 0.6 is 0 Å². The molecule has 0 saturated carbocycles. The van der Waals surface area contributed by atoms with Gasteiger partial charge in [0.1, 0.15) is 6.04 Å². The fourth-order valence-electron chi connectivity index (χ4n) is 3.58. The van der Waals surface area contributed by atoms with Crippen molar-refractivity contribution in [3.63, 3.8) is 0 Å². The maximum absolute atomic E-state index is 12.6. The number of nitrogens with one attached hydrogen (secondary N) is 1. The summed E-state index contributed by atoms with van der Waals surface area (Å²) in [5.41, 5.74) is 6.73. The summed E-state index contributed by atoms with van der Waals surface area (Å²) < 4.78 is 0. The molecule has 0 aliphatic carbocycles. The van der Waals surface area contributed by atoms with Gasteiger partial charge in [-0.1, -0.05) is 78.4 Å². The number of rotatable bonds is 6. The Hall–Kier alpha value is -2.91. The second kappa shape index (κ2) is 8.65. The molecule has 0 aromatic heterocycles. The Morgan fingerprint density at radius 1 is 0.852 bits per heavy atom. The van der Waals surface area contributed by atoms with Crippen molar-refractivity contribution in [3.8, 4) is 0 Å². The minimum absolute atomic E-state index is 0.0157. The summed E-state index contributed by atoms with van der Waals surface area (Å²) in [6, 6.07) is 24.9. The van der Waals surface area contributed by atoms with Crippen molar-refractivity contribution in [1.82, 2.24) is 0 Å². The topological polar surface area (TPSA) is 45.7 Å². The summed E-state index contributed by atoms with van der Waals surface area (Å²) >= 11 is 0. The molecule has 27 heavy (non-hydrogen) atoms. The van der Waals surface area contributed by atoms with Crippen LogP contribution < -0.4 is 10.6 Å². The molecule has 0 bridgehead atoms. The summed E-state index contributed by atoms with van der Waals surface area (Å²) in [4.78, 5) is 12.6. The highest BCUT2D eigenvalue weighted by molar-refractivity contribution is 5.93. The summed E-state index contributed by atoms with van der Waals surface area (Å²) in [6.45, 7) is 6.51. The Morgan fingerprint density at radius 2 is 1.33 bits per heavy atom. The standard InChI is InChI=1S/C24H26N2O/c1-17-14-18(2)23(19(3)15-17)26-22(27)16-25-24(20-10-6-4-7-11-20)21-12-8-5-9-13-21/h4-15,24-25H,16H2,1-3H3,(H,26,27)/p+1. The van der Waals surface area contributed by atoms with Crippen LogP contribution in [0.4, 0.5) is 5.69 Å². The Kier molecular flexibility index (Phi) is 6.05. The predicted molar refractivity (Wildman–Crippen MR) is 111 cm³/mol. The van der Waals surface area contributed by atoms with Gasteiger partial charge in [-0.2, -0.15) is 0 Å². The zero-order valence-corrected chi connectivity index (χ0v) is 16.2. The smallest absolute Gasteiger partial charge is 0.279 e. The minimum atomic E-state index is 0.0157. The highest BCUT2D eigenvalue weighted by atomic mass is 16.1. The van der Waals surface area contributed by atoms with Gasteiger partial charge in [0.2, 0.25) is 0 Å². The number of benzene rings is 3. The maximum atomic E-state index is 12.6. The summed E-state index contributed by atoms with van der Waals surface area (Å²) in [5.74, 6) is 0.0157. The SMILES string of the molecule is Cc1cc(C)c(NC(=O)C[NH2+]C(c2ccccc2)c2ccccc2)c(C)c1. The number of anilines is 1. The normalized spacial score (nSPS) is 10.8. The number of hydrogen-bond donors (Lipinski definition) is 2. The van der Waals surface area contributed by atoms with E-state index < -0.39 is 0 Å². The molecular formula is C24H27N2O+. The molecule has 0 fully saturated rings. The van der Waals surface area contributed by atoms with Crippen molar-refractivity contribution in [2.24, 2.45) is 0 Å². The number of aryl methyl sites for hydroxylation is 3. The monoisotopic (exact) mass is 359 g/mol. The summed E-state index contributed by atoms with van der Waals surface area (Å²) in [7, 11) is 0. The quantitative estimate of drug-likeness (QED) is 0.689. The first-order valence-corrected chi connectivity index (χ1v) is 9.35. The van der Waals surface area contributed by atoms with Crippen molar-refractivity contribution >= 4 is 11.6 Å². The number of nitrogens with two attached hydrogens (primary N) is 1. The lowest BCUT2D eigenvalue weighted by Gasteiger charge is -2.17. The van der Waals surface area contributed by atoms with Crippen LogP contribution in [0, 0.1) is 20.8 Å². The third kappa shape index (κ3) is 4.83. The highest BCUT2D eigenvalue weighted by Gasteiger charge is 2.19. The Balaban J connectivity index is 1.73. The van der Waals surface area contributed by atoms with Crippen molar-refractivity contribution in [1.29, 1.82) is 0 Å². The van der Waals surface area contributed by atoms with Gasteiger partial charge in [-0.15, -0.1) is 0 Å². The first kappa shape index (κ1) is 18.9. The van der Waals surface area contributed by atoms with E-state index in [1.165, 1.54) is 16.7 Å². The van der Waals surface area contributed by atoms with Gasteiger partial charge in [-0.05, 0) is 31.9 Å². The number of carbonyl (C=O) groups excluding carboxylic acids is 1. The molecule has 0 spiro atoms. The molecule has 0 unspecified atom stereocenters. The van der Waals surface area contributed by atoms with Crippen LogP contribution in [-0.2, 0) is 4.79 Å². The Bertz CT molecular complexity index is 842. The lowest BCUT2D eigenvalue weighted by atomic mass is 9.99. The van der Waals surface area contributed by atoms with E-state index in [4.69, 9.17) is 0 Å². The van der Waals surface area contributed by atoms with E-state index in [0.717, 1.165) is 16.8 Å². The van der Waals surface area contributed by atoms with Crippen LogP contribution in [0.5, 0.6) is 0 Å². The van der Waals surface area contributed by atoms with Crippen molar-refractivity contribution in [2.45, 2.75) is 26.8 Å². The van der Waals surface area contributed by atoms with E-state index in [1.807, 2.05) is 50.2 Å². The van der Waals surface area contributed by atoms with Gasteiger partial charge in [0.05, 0.1) is 0 Å². The first-order chi connectivity index (χ1) is 13.0. The third-order valence-electron chi connectivity index (χ3n) is 4.80. The summed E-state index contributed by atoms with van der Waals surface area (Å²) in [5, 5.41) is 5.19. The molecule has 0 aliphatic rings. The molecule has 138 valence electrons. The summed E-state index contributed by atoms with van der Waals surface area (Å²) in [6.07, 6.45) is 0. The van der Waals surface area contributed by atoms with Gasteiger partial charge in [-0.25, -0.2) is 0 Å². The van der Waals surface area contributed by atoms with Gasteiger partial charge in [0, 0.05) is 16.8 Å². The Morgan fingerprint density at radius 3 is 1.81 bits per heavy atom. The lowest BCUT2D eigenvalue weighted by molar-refractivity contribution is -0.676. The van der Waals surface area contributed by atoms with Crippen LogP contribution in [0.25, 0.3) is 0 Å². The molecule has 0 aliphatic heterocycles. The first-order valence-electron chi connectivity index (χ1n) is 9.35. The van der Waals surface area contributed by atoms with Crippen LogP contribution in [0.1, 0.15) is 33.9 Å². The Labute approximate surface area is 161 Å². The molecule has 3 N–H and O–H groups in total. The molecule has 0 saturated heterocycles. The van der Waals surface area contributed by atoms with E-state index in [1.54, 1.807) is 0 Å². The van der Waals surface area contributed by atoms with Gasteiger partial charge < -0.3 is 10.6 Å². The zero-order chi connectivity index (χ0) is 19.2. The van der Waals surface area contributed by atoms with Crippen LogP contribution in [0.15, 0.2) is 72.8 Å². The van der Waals surface area contributed by atoms with Crippen molar-refractivity contribution in [2.75, 3.05) is 11.9 Å². The fourth-order valence-corrected chi connectivity index (χ4v) is 3.58. The fraction of sp³-hybridized carbons (Fsp3) is 0.208. The molecule has 3 nitrogen and oxygen atoms in total. The predicted octanol–water partition coefficient (Wildman–Crippen LogP) is 3.90. The number of carbonyl (C=O) groups is 1. The van der Waals surface area contributed by atoms with E-state index >= 15 is 0 Å². The molecule has 3 aromatic carbocycles. The van der Waals surface area contributed by atoms with Gasteiger partial charge in [0.25, 0.3) is 5.91 Å². The van der Waals surface area contributed by atoms with Crippen LogP contribution in [0.3, 0.4) is 0 Å². The second-order valence-electron chi connectivity index (χ2n) is 7.06. The number of hydrogen-bond acceptors (Lipinski definition) is 1. The third-order valence-corrected chi connectivity index (χ3v) is 4.80. The average Bonchev–Trinajstić information content (AvgIpc) is 2.66. The minimum Gasteiger partial charge on any atom is -0.328 e. The molecule has 3 rings (SSSR count). The van der Waals surface area contributed by atoms with E-state index in [9.17, 15) is 4.79 Å². The number of quaternary nitrogens is 1.